The maximum atomic E-state index is 14.4. The Kier molecular flexibility index (Phi) is 8.23. The van der Waals surface area contributed by atoms with Gasteiger partial charge in [0.1, 0.15) is 11.9 Å². The predicted molar refractivity (Wildman–Crippen MR) is 147 cm³/mol. The summed E-state index contributed by atoms with van der Waals surface area (Å²) in [5, 5.41) is 3.53. The molecule has 3 aromatic rings. The van der Waals surface area contributed by atoms with E-state index in [9.17, 15) is 18.0 Å². The van der Waals surface area contributed by atoms with Crippen LogP contribution < -0.4 is 20.7 Å². The molecule has 0 radical (unpaired) electrons. The van der Waals surface area contributed by atoms with E-state index < -0.39 is 12.3 Å². The second-order valence-corrected chi connectivity index (χ2v) is 10.7. The van der Waals surface area contributed by atoms with Gasteiger partial charge in [0.05, 0.1) is 12.3 Å². The molecule has 2 aromatic heterocycles. The van der Waals surface area contributed by atoms with Crippen LogP contribution in [0, 0.1) is 5.41 Å². The second kappa shape index (κ2) is 11.7. The molecule has 0 bridgehead atoms. The number of esters is 1. The summed E-state index contributed by atoms with van der Waals surface area (Å²) < 4.78 is 54.0. The fraction of sp³-hybridized carbons (Fsp3) is 0.429. The third-order valence-corrected chi connectivity index (χ3v) is 7.80. The monoisotopic (exact) mass is 590 g/mol. The lowest BCUT2D eigenvalue weighted by Gasteiger charge is -2.39. The number of hydrogen-bond acceptors (Lipinski definition) is 9. The second-order valence-electron chi connectivity index (χ2n) is 10.3. The Balaban J connectivity index is 1.36. The number of carbonyl (C=O) groups excluding carboxylic acids is 1. The highest BCUT2D eigenvalue weighted by Crippen LogP contribution is 2.43. The van der Waals surface area contributed by atoms with Crippen molar-refractivity contribution in [1.29, 1.82) is 0 Å². The Bertz CT molecular complexity index is 1390. The molecule has 3 N–H and O–H groups in total. The maximum absolute atomic E-state index is 14.4. The summed E-state index contributed by atoms with van der Waals surface area (Å²) in [6, 6.07) is 10.1. The highest BCUT2D eigenvalue weighted by molar-refractivity contribution is 6.30. The summed E-state index contributed by atoms with van der Waals surface area (Å²) in [6.07, 6.45) is -3.47. The minimum atomic E-state index is -4.79. The lowest BCUT2D eigenvalue weighted by molar-refractivity contribution is -0.198. The number of piperidine rings is 1. The van der Waals surface area contributed by atoms with Crippen molar-refractivity contribution >= 4 is 29.3 Å². The molecule has 218 valence electrons. The van der Waals surface area contributed by atoms with E-state index in [-0.39, 0.29) is 45.4 Å². The lowest BCUT2D eigenvalue weighted by Crippen LogP contribution is -2.41. The molecule has 2 saturated heterocycles. The van der Waals surface area contributed by atoms with Gasteiger partial charge in [-0.05, 0) is 55.9 Å². The fourth-order valence-electron chi connectivity index (χ4n) is 5.50. The average molecular weight is 591 g/mol. The molecule has 0 unspecified atom stereocenters. The van der Waals surface area contributed by atoms with Gasteiger partial charge in [0.15, 0.2) is 0 Å². The van der Waals surface area contributed by atoms with E-state index >= 15 is 0 Å². The van der Waals surface area contributed by atoms with Crippen molar-refractivity contribution in [2.24, 2.45) is 5.41 Å². The minimum Gasteiger partial charge on any atom is -0.465 e. The molecular formula is C28H30ClF3N6O3. The van der Waals surface area contributed by atoms with Crippen LogP contribution in [0.4, 0.5) is 24.9 Å². The number of ether oxygens (including phenoxy) is 2. The number of nitrogens with one attached hydrogen (secondary N) is 1. The molecule has 5 rings (SSSR count). The van der Waals surface area contributed by atoms with Crippen molar-refractivity contribution in [2.75, 3.05) is 36.9 Å². The lowest BCUT2D eigenvalue weighted by atomic mass is 9.76. The SMILES string of the molecule is CCOC(=O)[C@@H]1CC2(CCN(c3cc(O[C@H](c4ccc(Cl)cc4-c4ccccn4)C(F)(F)F)nc(N)n3)CC2)CN1. The molecule has 13 heteroatoms. The Morgan fingerprint density at radius 1 is 1.22 bits per heavy atom. The molecule has 2 atom stereocenters. The zero-order valence-electron chi connectivity index (χ0n) is 22.3. The molecule has 4 heterocycles. The van der Waals surface area contributed by atoms with Gasteiger partial charge in [0.25, 0.3) is 0 Å². The zero-order valence-corrected chi connectivity index (χ0v) is 23.1. The van der Waals surface area contributed by atoms with Gasteiger partial charge in [0.2, 0.25) is 17.9 Å². The number of rotatable bonds is 7. The van der Waals surface area contributed by atoms with Crippen LogP contribution >= 0.6 is 11.6 Å². The average Bonchev–Trinajstić information content (AvgIpc) is 3.35. The van der Waals surface area contributed by atoms with E-state index in [0.717, 1.165) is 12.8 Å². The minimum absolute atomic E-state index is 0.0658. The van der Waals surface area contributed by atoms with Crippen LogP contribution in [0.5, 0.6) is 5.88 Å². The van der Waals surface area contributed by atoms with Gasteiger partial charge in [-0.25, -0.2) is 0 Å². The predicted octanol–water partition coefficient (Wildman–Crippen LogP) is 4.97. The van der Waals surface area contributed by atoms with Gasteiger partial charge >= 0.3 is 12.1 Å². The van der Waals surface area contributed by atoms with E-state index in [2.05, 4.69) is 20.3 Å². The van der Waals surface area contributed by atoms with E-state index in [4.69, 9.17) is 26.8 Å². The van der Waals surface area contributed by atoms with Crippen LogP contribution in [-0.4, -0.2) is 59.4 Å². The van der Waals surface area contributed by atoms with Crippen LogP contribution in [0.3, 0.4) is 0 Å². The molecule has 0 amide bonds. The summed E-state index contributed by atoms with van der Waals surface area (Å²) in [7, 11) is 0. The first kappa shape index (κ1) is 28.9. The first-order valence-electron chi connectivity index (χ1n) is 13.3. The van der Waals surface area contributed by atoms with Crippen molar-refractivity contribution in [2.45, 2.75) is 44.5 Å². The van der Waals surface area contributed by atoms with Crippen LogP contribution in [0.2, 0.25) is 5.02 Å². The number of benzene rings is 1. The molecule has 2 fully saturated rings. The highest BCUT2D eigenvalue weighted by atomic mass is 35.5. The summed E-state index contributed by atoms with van der Waals surface area (Å²) in [5.74, 6) is -0.382. The summed E-state index contributed by atoms with van der Waals surface area (Å²) >= 11 is 6.14. The van der Waals surface area contributed by atoms with Crippen LogP contribution in [0.15, 0.2) is 48.7 Å². The number of anilines is 2. The van der Waals surface area contributed by atoms with Crippen LogP contribution in [0.1, 0.15) is 37.9 Å². The topological polar surface area (TPSA) is 115 Å². The number of alkyl halides is 3. The van der Waals surface area contributed by atoms with Crippen molar-refractivity contribution in [1.82, 2.24) is 20.3 Å². The zero-order chi connectivity index (χ0) is 29.2. The van der Waals surface area contributed by atoms with E-state index in [1.165, 1.54) is 30.5 Å². The number of nitrogens with two attached hydrogens (primary N) is 1. The van der Waals surface area contributed by atoms with Crippen molar-refractivity contribution in [3.63, 3.8) is 0 Å². The summed E-state index contributed by atoms with van der Waals surface area (Å²) in [5.41, 5.74) is 6.21. The standard InChI is InChI=1S/C28H30ClF3N6O3/c1-2-40-25(39)21-15-27(16-35-21)8-11-38(12-9-27)22-14-23(37-26(33)36-22)41-24(28(30,31)32)18-7-6-17(29)13-19(18)20-5-3-4-10-34-20/h3-7,10,13-14,21,24,35H,2,8-9,11-12,15-16H2,1H3,(H2,33,36,37)/t21-,24+/m0/s1. The molecule has 1 aromatic carbocycles. The highest BCUT2D eigenvalue weighted by Gasteiger charge is 2.46. The number of carbonyl (C=O) groups is 1. The van der Waals surface area contributed by atoms with Gasteiger partial charge in [0, 0.05) is 48.0 Å². The summed E-state index contributed by atoms with van der Waals surface area (Å²) in [6.45, 7) is 3.96. The van der Waals surface area contributed by atoms with E-state index in [1.54, 1.807) is 25.1 Å². The number of aromatic nitrogens is 3. The third kappa shape index (κ3) is 6.48. The smallest absolute Gasteiger partial charge is 0.429 e. The van der Waals surface area contributed by atoms with E-state index in [0.29, 0.717) is 44.2 Å². The first-order chi connectivity index (χ1) is 19.6. The van der Waals surface area contributed by atoms with Crippen LogP contribution in [0.25, 0.3) is 11.3 Å². The Hall–Kier alpha value is -3.64. The maximum Gasteiger partial charge on any atom is 0.429 e. The largest absolute Gasteiger partial charge is 0.465 e. The van der Waals surface area contributed by atoms with Crippen LogP contribution in [-0.2, 0) is 9.53 Å². The number of hydrogen-bond donors (Lipinski definition) is 2. The molecule has 41 heavy (non-hydrogen) atoms. The molecule has 0 saturated carbocycles. The Morgan fingerprint density at radius 3 is 2.68 bits per heavy atom. The normalized spacial score (nSPS) is 19.2. The number of pyridine rings is 1. The first-order valence-corrected chi connectivity index (χ1v) is 13.7. The fourth-order valence-corrected chi connectivity index (χ4v) is 5.67. The van der Waals surface area contributed by atoms with E-state index in [1.807, 2.05) is 4.90 Å². The quantitative estimate of drug-likeness (QED) is 0.368. The molecule has 0 aliphatic carbocycles. The van der Waals surface area contributed by atoms with Gasteiger partial charge in [-0.3, -0.25) is 9.78 Å². The van der Waals surface area contributed by atoms with Crippen molar-refractivity contribution < 1.29 is 27.4 Å². The van der Waals surface area contributed by atoms with Gasteiger partial charge < -0.3 is 25.4 Å². The van der Waals surface area contributed by atoms with Crippen molar-refractivity contribution in [3.8, 4) is 17.1 Å². The Morgan fingerprint density at radius 2 is 2.00 bits per heavy atom. The molecule has 2 aliphatic heterocycles. The number of halogens is 4. The van der Waals surface area contributed by atoms with Gasteiger partial charge in [-0.2, -0.15) is 23.1 Å². The molecule has 1 spiro atoms. The Labute approximate surface area is 240 Å². The molecule has 9 nitrogen and oxygen atoms in total. The van der Waals surface area contributed by atoms with Gasteiger partial charge in [-0.15, -0.1) is 0 Å². The van der Waals surface area contributed by atoms with Gasteiger partial charge in [-0.1, -0.05) is 23.7 Å². The number of nitrogen functional groups attached to an aromatic ring is 1. The molecular weight excluding hydrogens is 561 g/mol. The number of nitrogens with zero attached hydrogens (tertiary/aromatic N) is 4. The summed E-state index contributed by atoms with van der Waals surface area (Å²) in [4.78, 5) is 26.6. The third-order valence-electron chi connectivity index (χ3n) is 7.56. The van der Waals surface area contributed by atoms with Crippen molar-refractivity contribution in [3.05, 3.63) is 59.2 Å². The molecule has 2 aliphatic rings.